The SMILES string of the molecule is COc1ccc(Oc2cccc3c2CCC3Oc2ccc(C3CC(=O)NSN3)cc2)cn1. The molecule has 2 aromatic carbocycles. The molecule has 1 fully saturated rings. The van der Waals surface area contributed by atoms with Crippen molar-refractivity contribution in [3.05, 3.63) is 77.5 Å². The van der Waals surface area contributed by atoms with Crippen molar-refractivity contribution in [2.45, 2.75) is 31.4 Å². The number of nitrogens with one attached hydrogen (secondary N) is 2. The monoisotopic (exact) mass is 449 g/mol. The van der Waals surface area contributed by atoms with Crippen LogP contribution in [0.5, 0.6) is 23.1 Å². The molecule has 0 bridgehead atoms. The Balaban J connectivity index is 1.28. The van der Waals surface area contributed by atoms with Crippen LogP contribution < -0.4 is 23.7 Å². The maximum absolute atomic E-state index is 11.6. The number of benzene rings is 2. The van der Waals surface area contributed by atoms with Crippen molar-refractivity contribution in [3.63, 3.8) is 0 Å². The van der Waals surface area contributed by atoms with Gasteiger partial charge in [-0.2, -0.15) is 0 Å². The van der Waals surface area contributed by atoms with Gasteiger partial charge in [-0.25, -0.2) is 9.71 Å². The first-order chi connectivity index (χ1) is 15.7. The van der Waals surface area contributed by atoms with E-state index in [4.69, 9.17) is 14.2 Å². The van der Waals surface area contributed by atoms with Gasteiger partial charge < -0.3 is 14.2 Å². The van der Waals surface area contributed by atoms with E-state index >= 15 is 0 Å². The third kappa shape index (κ3) is 4.37. The fourth-order valence-electron chi connectivity index (χ4n) is 4.03. The molecule has 1 aliphatic carbocycles. The number of fused-ring (bicyclic) bond motifs is 1. The van der Waals surface area contributed by atoms with Gasteiger partial charge >= 0.3 is 0 Å². The lowest BCUT2D eigenvalue weighted by molar-refractivity contribution is -0.120. The smallest absolute Gasteiger partial charge is 0.232 e. The maximum Gasteiger partial charge on any atom is 0.232 e. The predicted molar refractivity (Wildman–Crippen MR) is 122 cm³/mol. The van der Waals surface area contributed by atoms with Crippen molar-refractivity contribution in [3.8, 4) is 23.1 Å². The highest BCUT2D eigenvalue weighted by Crippen LogP contribution is 2.41. The molecule has 5 rings (SSSR count). The van der Waals surface area contributed by atoms with Crippen LogP contribution in [0.3, 0.4) is 0 Å². The number of carbonyl (C=O) groups excluding carboxylic acids is 1. The first-order valence-electron chi connectivity index (χ1n) is 10.5. The van der Waals surface area contributed by atoms with Crippen LogP contribution >= 0.6 is 12.1 Å². The molecule has 2 N–H and O–H groups in total. The lowest BCUT2D eigenvalue weighted by Gasteiger charge is -2.23. The summed E-state index contributed by atoms with van der Waals surface area (Å²) in [5.41, 5.74) is 3.38. The maximum atomic E-state index is 11.6. The zero-order valence-electron chi connectivity index (χ0n) is 17.5. The third-order valence-electron chi connectivity index (χ3n) is 5.64. The number of hydrogen-bond donors (Lipinski definition) is 2. The molecule has 0 spiro atoms. The molecule has 0 saturated carbocycles. The van der Waals surface area contributed by atoms with Crippen LogP contribution in [0, 0.1) is 0 Å². The second-order valence-electron chi connectivity index (χ2n) is 7.68. The van der Waals surface area contributed by atoms with E-state index in [0.717, 1.165) is 35.5 Å². The summed E-state index contributed by atoms with van der Waals surface area (Å²) >= 11 is 1.23. The van der Waals surface area contributed by atoms with E-state index in [0.29, 0.717) is 18.1 Å². The first kappa shape index (κ1) is 20.7. The number of nitrogens with zero attached hydrogens (tertiary/aromatic N) is 1. The standard InChI is InChI=1S/C24H23N3O4S/c1-29-24-12-9-17(14-25-24)31-21-4-2-3-18-19(21)10-11-22(18)30-16-7-5-15(6-8-16)20-13-23(28)27-32-26-20/h2-9,12,14,20,22,26H,10-11,13H2,1H3,(H,27,28). The topological polar surface area (TPSA) is 81.7 Å². The number of methoxy groups -OCH3 is 1. The summed E-state index contributed by atoms with van der Waals surface area (Å²) < 4.78 is 23.4. The van der Waals surface area contributed by atoms with Crippen LogP contribution in [0.4, 0.5) is 0 Å². The van der Waals surface area contributed by atoms with Crippen LogP contribution in [-0.2, 0) is 11.2 Å². The lowest BCUT2D eigenvalue weighted by atomic mass is 10.0. The molecule has 0 radical (unpaired) electrons. The second-order valence-corrected chi connectivity index (χ2v) is 8.32. The van der Waals surface area contributed by atoms with Crippen molar-refractivity contribution in [2.75, 3.05) is 7.11 Å². The average molecular weight is 450 g/mol. The molecule has 1 saturated heterocycles. The highest BCUT2D eigenvalue weighted by atomic mass is 32.2. The normalized spacial score (nSPS) is 19.7. The molecule has 2 aliphatic rings. The number of pyridine rings is 1. The summed E-state index contributed by atoms with van der Waals surface area (Å²) in [6, 6.07) is 17.7. The van der Waals surface area contributed by atoms with Crippen LogP contribution in [-0.4, -0.2) is 18.0 Å². The average Bonchev–Trinajstić information content (AvgIpc) is 3.24. The summed E-state index contributed by atoms with van der Waals surface area (Å²) in [5, 5.41) is 0. The molecule has 32 heavy (non-hydrogen) atoms. The highest BCUT2D eigenvalue weighted by molar-refractivity contribution is 7.96. The van der Waals surface area contributed by atoms with Gasteiger partial charge in [0.15, 0.2) is 0 Å². The van der Waals surface area contributed by atoms with E-state index in [9.17, 15) is 4.79 Å². The summed E-state index contributed by atoms with van der Waals surface area (Å²) in [4.78, 5) is 15.8. The van der Waals surface area contributed by atoms with E-state index in [2.05, 4.69) is 20.5 Å². The van der Waals surface area contributed by atoms with Gasteiger partial charge in [0.05, 0.1) is 19.3 Å². The van der Waals surface area contributed by atoms with Crippen molar-refractivity contribution in [2.24, 2.45) is 0 Å². The summed E-state index contributed by atoms with van der Waals surface area (Å²) in [7, 11) is 1.59. The Morgan fingerprint density at radius 3 is 2.66 bits per heavy atom. The zero-order chi connectivity index (χ0) is 21.9. The van der Waals surface area contributed by atoms with Crippen LogP contribution in [0.1, 0.15) is 41.7 Å². The van der Waals surface area contributed by atoms with Crippen molar-refractivity contribution in [1.29, 1.82) is 0 Å². The highest BCUT2D eigenvalue weighted by Gasteiger charge is 2.27. The zero-order valence-corrected chi connectivity index (χ0v) is 18.4. The number of ether oxygens (including phenoxy) is 3. The molecule has 7 nitrogen and oxygen atoms in total. The number of amides is 1. The van der Waals surface area contributed by atoms with Crippen LogP contribution in [0.15, 0.2) is 60.8 Å². The van der Waals surface area contributed by atoms with Gasteiger partial charge in [-0.1, -0.05) is 24.3 Å². The molecule has 164 valence electrons. The molecule has 2 unspecified atom stereocenters. The van der Waals surface area contributed by atoms with Gasteiger partial charge in [0.25, 0.3) is 0 Å². The molecule has 2 atom stereocenters. The lowest BCUT2D eigenvalue weighted by Crippen LogP contribution is -2.33. The minimum Gasteiger partial charge on any atom is -0.486 e. The van der Waals surface area contributed by atoms with Crippen molar-refractivity contribution in [1.82, 2.24) is 14.4 Å². The Kier molecular flexibility index (Phi) is 5.87. The Morgan fingerprint density at radius 1 is 1.06 bits per heavy atom. The molecule has 1 amide bonds. The van der Waals surface area contributed by atoms with E-state index < -0.39 is 0 Å². The molecule has 1 aliphatic heterocycles. The molecular weight excluding hydrogens is 426 g/mol. The quantitative estimate of drug-likeness (QED) is 0.530. The predicted octanol–water partition coefficient (Wildman–Crippen LogP) is 4.66. The summed E-state index contributed by atoms with van der Waals surface area (Å²) in [6.07, 6.45) is 3.83. The van der Waals surface area contributed by atoms with E-state index in [1.54, 1.807) is 19.4 Å². The molecule has 1 aromatic heterocycles. The number of hydrogen-bond acceptors (Lipinski definition) is 7. The van der Waals surface area contributed by atoms with Crippen molar-refractivity contribution >= 4 is 18.0 Å². The second kappa shape index (κ2) is 9.10. The van der Waals surface area contributed by atoms with E-state index in [-0.39, 0.29) is 18.1 Å². The van der Waals surface area contributed by atoms with E-state index in [1.165, 1.54) is 17.7 Å². The van der Waals surface area contributed by atoms with Gasteiger partial charge in [-0.15, -0.1) is 0 Å². The molecular formula is C24H23N3O4S. The fraction of sp³-hybridized carbons (Fsp3) is 0.250. The number of rotatable bonds is 6. The van der Waals surface area contributed by atoms with E-state index in [1.807, 2.05) is 42.5 Å². The molecule has 3 aromatic rings. The largest absolute Gasteiger partial charge is 0.486 e. The van der Waals surface area contributed by atoms with Gasteiger partial charge in [0.2, 0.25) is 11.8 Å². The first-order valence-corrected chi connectivity index (χ1v) is 11.3. The Morgan fingerprint density at radius 2 is 1.91 bits per heavy atom. The van der Waals surface area contributed by atoms with Gasteiger partial charge in [-0.05, 0) is 48.2 Å². The fourth-order valence-corrected chi connectivity index (χ4v) is 4.65. The van der Waals surface area contributed by atoms with Crippen LogP contribution in [0.25, 0.3) is 0 Å². The summed E-state index contributed by atoms with van der Waals surface area (Å²) in [6.45, 7) is 0. The van der Waals surface area contributed by atoms with Gasteiger partial charge in [-0.3, -0.25) is 9.52 Å². The molecule has 8 heteroatoms. The van der Waals surface area contributed by atoms with Gasteiger partial charge in [0.1, 0.15) is 23.4 Å². The number of carbonyl (C=O) groups is 1. The minimum atomic E-state index is -0.0254. The number of aromatic nitrogens is 1. The summed E-state index contributed by atoms with van der Waals surface area (Å²) in [5.74, 6) is 2.89. The van der Waals surface area contributed by atoms with Gasteiger partial charge in [0, 0.05) is 30.2 Å². The van der Waals surface area contributed by atoms with Crippen molar-refractivity contribution < 1.29 is 19.0 Å². The molecule has 2 heterocycles. The Bertz CT molecular complexity index is 1110. The minimum absolute atomic E-state index is 0.00200. The third-order valence-corrected chi connectivity index (χ3v) is 6.37. The Hall–Kier alpha value is -3.23. The van der Waals surface area contributed by atoms with Crippen LogP contribution in [0.2, 0.25) is 0 Å². The Labute approximate surface area is 190 Å².